The highest BCUT2D eigenvalue weighted by molar-refractivity contribution is 5.94. The molecule has 0 spiro atoms. The average Bonchev–Trinajstić information content (AvgIpc) is 3.20. The first kappa shape index (κ1) is 14.5. The van der Waals surface area contributed by atoms with Gasteiger partial charge in [-0.25, -0.2) is 9.78 Å². The highest BCUT2D eigenvalue weighted by Gasteiger charge is 2.17. The Kier molecular flexibility index (Phi) is 4.34. The van der Waals surface area contributed by atoms with Gasteiger partial charge in [-0.2, -0.15) is 0 Å². The lowest BCUT2D eigenvalue weighted by Crippen LogP contribution is -2.34. The van der Waals surface area contributed by atoms with Crippen molar-refractivity contribution in [3.63, 3.8) is 0 Å². The van der Waals surface area contributed by atoms with E-state index in [1.165, 1.54) is 12.5 Å². The number of nitrogens with one attached hydrogen (secondary N) is 1. The molecule has 1 unspecified atom stereocenters. The summed E-state index contributed by atoms with van der Waals surface area (Å²) in [5.41, 5.74) is 1.47. The van der Waals surface area contributed by atoms with Gasteiger partial charge in [-0.1, -0.05) is 0 Å². The number of benzene rings is 1. The summed E-state index contributed by atoms with van der Waals surface area (Å²) in [5, 5.41) is 2.69. The summed E-state index contributed by atoms with van der Waals surface area (Å²) in [7, 11) is 0. The SMILES string of the molecule is O=C(COC(=O)c1ccc2ncoc2c1)NCC1CCCO1. The molecule has 7 nitrogen and oxygen atoms in total. The van der Waals surface area contributed by atoms with Crippen LogP contribution in [0.3, 0.4) is 0 Å². The predicted molar refractivity (Wildman–Crippen MR) is 76.3 cm³/mol. The number of amides is 1. The fourth-order valence-electron chi connectivity index (χ4n) is 2.28. The van der Waals surface area contributed by atoms with Gasteiger partial charge < -0.3 is 19.2 Å². The van der Waals surface area contributed by atoms with Crippen molar-refractivity contribution >= 4 is 23.0 Å². The van der Waals surface area contributed by atoms with Crippen LogP contribution >= 0.6 is 0 Å². The molecule has 1 fully saturated rings. The van der Waals surface area contributed by atoms with E-state index in [1.807, 2.05) is 0 Å². The molecule has 0 aliphatic carbocycles. The number of esters is 1. The van der Waals surface area contributed by atoms with Crippen LogP contribution in [0.1, 0.15) is 23.2 Å². The minimum absolute atomic E-state index is 0.0634. The van der Waals surface area contributed by atoms with Crippen molar-refractivity contribution in [1.29, 1.82) is 0 Å². The van der Waals surface area contributed by atoms with E-state index >= 15 is 0 Å². The van der Waals surface area contributed by atoms with Gasteiger partial charge in [-0.15, -0.1) is 0 Å². The van der Waals surface area contributed by atoms with Crippen molar-refractivity contribution in [2.75, 3.05) is 19.8 Å². The zero-order valence-electron chi connectivity index (χ0n) is 11.9. The smallest absolute Gasteiger partial charge is 0.338 e. The summed E-state index contributed by atoms with van der Waals surface area (Å²) in [6.07, 6.45) is 3.32. The van der Waals surface area contributed by atoms with Gasteiger partial charge >= 0.3 is 5.97 Å². The van der Waals surface area contributed by atoms with Gasteiger partial charge in [-0.05, 0) is 31.0 Å². The van der Waals surface area contributed by atoms with Crippen LogP contribution in [0, 0.1) is 0 Å². The van der Waals surface area contributed by atoms with Gasteiger partial charge in [0.05, 0.1) is 11.7 Å². The lowest BCUT2D eigenvalue weighted by atomic mass is 10.2. The van der Waals surface area contributed by atoms with E-state index in [2.05, 4.69) is 10.3 Å². The highest BCUT2D eigenvalue weighted by Crippen LogP contribution is 2.15. The number of hydrogen-bond acceptors (Lipinski definition) is 6. The van der Waals surface area contributed by atoms with Crippen LogP contribution in [0.4, 0.5) is 0 Å². The molecule has 1 saturated heterocycles. The van der Waals surface area contributed by atoms with E-state index in [1.54, 1.807) is 12.1 Å². The third-order valence-corrected chi connectivity index (χ3v) is 3.45. The Bertz CT molecular complexity index is 675. The van der Waals surface area contributed by atoms with Gasteiger partial charge in [0, 0.05) is 13.2 Å². The van der Waals surface area contributed by atoms with Crippen molar-refractivity contribution < 1.29 is 23.5 Å². The highest BCUT2D eigenvalue weighted by atomic mass is 16.5. The Morgan fingerprint density at radius 1 is 1.41 bits per heavy atom. The second-order valence-corrected chi connectivity index (χ2v) is 5.05. The Labute approximate surface area is 126 Å². The maximum Gasteiger partial charge on any atom is 0.338 e. The van der Waals surface area contributed by atoms with E-state index in [0.717, 1.165) is 19.4 Å². The first-order chi connectivity index (χ1) is 10.7. The molecule has 1 amide bonds. The van der Waals surface area contributed by atoms with Gasteiger partial charge in [0.2, 0.25) is 0 Å². The lowest BCUT2D eigenvalue weighted by molar-refractivity contribution is -0.124. The molecule has 1 aliphatic rings. The van der Waals surface area contributed by atoms with Gasteiger partial charge in [0.25, 0.3) is 5.91 Å². The molecule has 116 valence electrons. The van der Waals surface area contributed by atoms with E-state index in [0.29, 0.717) is 23.2 Å². The molecule has 1 aliphatic heterocycles. The van der Waals surface area contributed by atoms with Crippen molar-refractivity contribution in [2.45, 2.75) is 18.9 Å². The fraction of sp³-hybridized carbons (Fsp3) is 0.400. The third-order valence-electron chi connectivity index (χ3n) is 3.45. The summed E-state index contributed by atoms with van der Waals surface area (Å²) in [6.45, 7) is 0.861. The monoisotopic (exact) mass is 304 g/mol. The Balaban J connectivity index is 1.47. The number of aromatic nitrogens is 1. The van der Waals surface area contributed by atoms with Crippen LogP contribution in [0.25, 0.3) is 11.1 Å². The van der Waals surface area contributed by atoms with Gasteiger partial charge in [0.1, 0.15) is 5.52 Å². The fourth-order valence-corrected chi connectivity index (χ4v) is 2.28. The number of carbonyl (C=O) groups is 2. The van der Waals surface area contributed by atoms with E-state index in [4.69, 9.17) is 13.9 Å². The maximum absolute atomic E-state index is 11.9. The summed E-state index contributed by atoms with van der Waals surface area (Å²) in [6, 6.07) is 4.78. The standard InChI is InChI=1S/C15H16N2O5/c18-14(16-7-11-2-1-5-20-11)8-21-15(19)10-3-4-12-13(6-10)22-9-17-12/h3-4,6,9,11H,1-2,5,7-8H2,(H,16,18). The van der Waals surface area contributed by atoms with E-state index < -0.39 is 5.97 Å². The number of fused-ring (bicyclic) bond motifs is 1. The van der Waals surface area contributed by atoms with Crippen LogP contribution < -0.4 is 5.32 Å². The normalized spacial score (nSPS) is 17.5. The maximum atomic E-state index is 11.9. The quantitative estimate of drug-likeness (QED) is 0.837. The molecule has 1 N–H and O–H groups in total. The van der Waals surface area contributed by atoms with Crippen molar-refractivity contribution in [1.82, 2.24) is 10.3 Å². The Morgan fingerprint density at radius 3 is 3.14 bits per heavy atom. The zero-order valence-corrected chi connectivity index (χ0v) is 11.9. The van der Waals surface area contributed by atoms with Crippen LogP contribution in [0.15, 0.2) is 29.0 Å². The average molecular weight is 304 g/mol. The summed E-state index contributed by atoms with van der Waals surface area (Å²) < 4.78 is 15.5. The van der Waals surface area contributed by atoms with Gasteiger partial charge in [0.15, 0.2) is 18.6 Å². The molecule has 1 aromatic carbocycles. The Hall–Kier alpha value is -2.41. The number of oxazole rings is 1. The number of nitrogens with zero attached hydrogens (tertiary/aromatic N) is 1. The molecule has 22 heavy (non-hydrogen) atoms. The van der Waals surface area contributed by atoms with Crippen LogP contribution in [-0.4, -0.2) is 42.7 Å². The minimum Gasteiger partial charge on any atom is -0.452 e. The molecule has 2 aromatic rings. The molecule has 7 heteroatoms. The number of carbonyl (C=O) groups excluding carboxylic acids is 2. The van der Waals surface area contributed by atoms with Crippen molar-refractivity contribution in [3.05, 3.63) is 30.2 Å². The molecule has 0 saturated carbocycles. The summed E-state index contributed by atoms with van der Waals surface area (Å²) in [5.74, 6) is -0.921. The second-order valence-electron chi connectivity index (χ2n) is 5.05. The molecule has 3 rings (SSSR count). The molecule has 0 radical (unpaired) electrons. The third kappa shape index (κ3) is 3.43. The van der Waals surface area contributed by atoms with Crippen LogP contribution in [0.5, 0.6) is 0 Å². The topological polar surface area (TPSA) is 90.7 Å². The molecule has 2 heterocycles. The molecule has 0 bridgehead atoms. The van der Waals surface area contributed by atoms with E-state index in [-0.39, 0.29) is 18.6 Å². The number of hydrogen-bond donors (Lipinski definition) is 1. The van der Waals surface area contributed by atoms with Gasteiger partial charge in [-0.3, -0.25) is 4.79 Å². The predicted octanol–water partition coefficient (Wildman–Crippen LogP) is 1.28. The van der Waals surface area contributed by atoms with Crippen molar-refractivity contribution in [3.8, 4) is 0 Å². The van der Waals surface area contributed by atoms with Crippen LogP contribution in [0.2, 0.25) is 0 Å². The van der Waals surface area contributed by atoms with Crippen LogP contribution in [-0.2, 0) is 14.3 Å². The first-order valence-corrected chi connectivity index (χ1v) is 7.11. The number of ether oxygens (including phenoxy) is 2. The minimum atomic E-state index is -0.578. The van der Waals surface area contributed by atoms with Crippen molar-refractivity contribution in [2.24, 2.45) is 0 Å². The lowest BCUT2D eigenvalue weighted by Gasteiger charge is -2.10. The zero-order chi connectivity index (χ0) is 15.4. The number of rotatable bonds is 5. The summed E-state index contributed by atoms with van der Waals surface area (Å²) in [4.78, 5) is 27.5. The largest absolute Gasteiger partial charge is 0.452 e. The Morgan fingerprint density at radius 2 is 2.32 bits per heavy atom. The summed E-state index contributed by atoms with van der Waals surface area (Å²) >= 11 is 0. The molecule has 1 atom stereocenters. The molecular weight excluding hydrogens is 288 g/mol. The van der Waals surface area contributed by atoms with E-state index in [9.17, 15) is 9.59 Å². The molecule has 1 aromatic heterocycles. The molecular formula is C15H16N2O5. The first-order valence-electron chi connectivity index (χ1n) is 7.11. The second kappa shape index (κ2) is 6.57.